The average molecular weight is 446 g/mol. The first-order chi connectivity index (χ1) is 15.9. The van der Waals surface area contributed by atoms with Gasteiger partial charge in [-0.25, -0.2) is 14.4 Å². The Balaban J connectivity index is 1.51. The van der Waals surface area contributed by atoms with Crippen LogP contribution in [0.4, 0.5) is 21.7 Å². The van der Waals surface area contributed by atoms with Crippen LogP contribution < -0.4 is 10.6 Å². The largest absolute Gasteiger partial charge is 0.395 e. The van der Waals surface area contributed by atoms with Crippen molar-refractivity contribution >= 4 is 17.3 Å². The topological polar surface area (TPSA) is 110 Å². The number of halogens is 1. The lowest BCUT2D eigenvalue weighted by molar-refractivity contribution is 0.219. The van der Waals surface area contributed by atoms with Crippen LogP contribution in [-0.4, -0.2) is 51.7 Å². The fourth-order valence-corrected chi connectivity index (χ4v) is 4.45. The Morgan fingerprint density at radius 2 is 2.15 bits per heavy atom. The second-order valence-electron chi connectivity index (χ2n) is 8.96. The van der Waals surface area contributed by atoms with Crippen LogP contribution in [0.3, 0.4) is 0 Å². The molecule has 2 aliphatic rings. The van der Waals surface area contributed by atoms with E-state index in [1.54, 1.807) is 18.3 Å². The third-order valence-corrected chi connectivity index (χ3v) is 6.42. The van der Waals surface area contributed by atoms with E-state index in [1.807, 2.05) is 13.0 Å². The molecule has 5 rings (SSSR count). The minimum atomic E-state index is -0.591. The van der Waals surface area contributed by atoms with Crippen molar-refractivity contribution in [1.29, 1.82) is 5.26 Å². The van der Waals surface area contributed by atoms with Crippen molar-refractivity contribution in [1.82, 2.24) is 19.9 Å². The number of likely N-dealkylation sites (N-methyl/N-ethyl adjacent to an activating group) is 1. The normalized spacial score (nSPS) is 19.4. The number of aliphatic hydroxyl groups excluding tert-OH is 1. The third kappa shape index (κ3) is 3.77. The number of benzene rings is 1. The first kappa shape index (κ1) is 21.2. The highest BCUT2D eigenvalue weighted by Crippen LogP contribution is 2.41. The fraction of sp³-hybridized carbons (Fsp3) is 0.333. The maximum Gasteiger partial charge on any atom is 0.227 e. The number of rotatable bonds is 4. The summed E-state index contributed by atoms with van der Waals surface area (Å²) in [5, 5.41) is 25.9. The summed E-state index contributed by atoms with van der Waals surface area (Å²) in [4.78, 5) is 15.3. The maximum absolute atomic E-state index is 14.8. The zero-order valence-corrected chi connectivity index (χ0v) is 18.5. The molecule has 8 nitrogen and oxygen atoms in total. The van der Waals surface area contributed by atoms with E-state index in [-0.39, 0.29) is 18.2 Å². The summed E-state index contributed by atoms with van der Waals surface area (Å²) in [6.07, 6.45) is 3.76. The van der Waals surface area contributed by atoms with Crippen molar-refractivity contribution in [3.05, 3.63) is 58.8 Å². The molecular weight excluding hydrogens is 421 g/mol. The maximum atomic E-state index is 14.8. The van der Waals surface area contributed by atoms with Crippen LogP contribution in [0.15, 0.2) is 30.6 Å². The molecule has 0 fully saturated rings. The quantitative estimate of drug-likeness (QED) is 0.562. The van der Waals surface area contributed by atoms with Crippen molar-refractivity contribution in [3.63, 3.8) is 0 Å². The van der Waals surface area contributed by atoms with Crippen LogP contribution in [0.25, 0.3) is 11.3 Å². The number of hydrogen-bond donors (Lipinski definition) is 3. The predicted octanol–water partition coefficient (Wildman–Crippen LogP) is 2.96. The predicted molar refractivity (Wildman–Crippen MR) is 123 cm³/mol. The molecule has 2 aromatic heterocycles. The Bertz CT molecular complexity index is 1290. The number of pyridine rings is 1. The molecule has 0 aliphatic carbocycles. The SMILES string of the molecule is CN1CCc2ncc(Nc3ncc(F)c(-c4cc(C#N)c5c(c4)[C@@](C)(CO)CN5)n3)cc2C1. The Morgan fingerprint density at radius 3 is 2.94 bits per heavy atom. The first-order valence-electron chi connectivity index (χ1n) is 10.8. The molecule has 0 bridgehead atoms. The van der Waals surface area contributed by atoms with E-state index in [2.05, 4.69) is 43.6 Å². The van der Waals surface area contributed by atoms with Gasteiger partial charge in [-0.3, -0.25) is 4.98 Å². The molecule has 0 unspecified atom stereocenters. The minimum absolute atomic E-state index is 0.0876. The van der Waals surface area contributed by atoms with E-state index in [0.29, 0.717) is 23.4 Å². The van der Waals surface area contributed by atoms with Gasteiger partial charge >= 0.3 is 0 Å². The van der Waals surface area contributed by atoms with E-state index in [9.17, 15) is 14.8 Å². The number of nitrogens with one attached hydrogen (secondary N) is 2. The Kier molecular flexibility index (Phi) is 5.19. The van der Waals surface area contributed by atoms with Crippen LogP contribution in [0.1, 0.15) is 29.3 Å². The molecule has 168 valence electrons. The Labute approximate surface area is 191 Å². The van der Waals surface area contributed by atoms with Crippen molar-refractivity contribution in [2.75, 3.05) is 37.4 Å². The fourth-order valence-electron chi connectivity index (χ4n) is 4.45. The van der Waals surface area contributed by atoms with E-state index in [0.717, 1.165) is 48.2 Å². The van der Waals surface area contributed by atoms with Crippen molar-refractivity contribution < 1.29 is 9.50 Å². The summed E-state index contributed by atoms with van der Waals surface area (Å²) in [6.45, 7) is 4.10. The number of anilines is 3. The number of aliphatic hydroxyl groups is 1. The second kappa shape index (κ2) is 8.06. The highest BCUT2D eigenvalue weighted by Gasteiger charge is 2.36. The summed E-state index contributed by atoms with van der Waals surface area (Å²) in [5.41, 5.74) is 4.77. The Morgan fingerprint density at radius 1 is 1.30 bits per heavy atom. The van der Waals surface area contributed by atoms with Gasteiger partial charge in [0.05, 0.1) is 35.9 Å². The van der Waals surface area contributed by atoms with Gasteiger partial charge in [-0.15, -0.1) is 0 Å². The molecule has 0 spiro atoms. The number of fused-ring (bicyclic) bond motifs is 2. The zero-order valence-electron chi connectivity index (χ0n) is 18.5. The van der Waals surface area contributed by atoms with Crippen LogP contribution in [0.5, 0.6) is 0 Å². The molecule has 0 saturated heterocycles. The van der Waals surface area contributed by atoms with Crippen LogP contribution in [0, 0.1) is 17.1 Å². The van der Waals surface area contributed by atoms with Crippen LogP contribution in [-0.2, 0) is 18.4 Å². The lowest BCUT2D eigenvalue weighted by Gasteiger charge is -2.24. The second-order valence-corrected chi connectivity index (χ2v) is 8.96. The first-order valence-corrected chi connectivity index (χ1v) is 10.8. The van der Waals surface area contributed by atoms with Gasteiger partial charge in [-0.1, -0.05) is 6.92 Å². The van der Waals surface area contributed by atoms with E-state index < -0.39 is 11.2 Å². The number of nitriles is 1. The number of hydrogen-bond acceptors (Lipinski definition) is 8. The number of aromatic nitrogens is 3. The molecule has 0 radical (unpaired) electrons. The molecule has 4 heterocycles. The van der Waals surface area contributed by atoms with Gasteiger partial charge in [0.15, 0.2) is 5.82 Å². The van der Waals surface area contributed by atoms with Gasteiger partial charge in [0.25, 0.3) is 0 Å². The average Bonchev–Trinajstić information content (AvgIpc) is 3.16. The molecule has 0 saturated carbocycles. The molecule has 3 N–H and O–H groups in total. The molecule has 33 heavy (non-hydrogen) atoms. The zero-order chi connectivity index (χ0) is 23.2. The summed E-state index contributed by atoms with van der Waals surface area (Å²) in [7, 11) is 2.07. The van der Waals surface area contributed by atoms with Gasteiger partial charge in [0, 0.05) is 42.7 Å². The molecule has 1 aromatic carbocycles. The van der Waals surface area contributed by atoms with Crippen molar-refractivity contribution in [2.45, 2.75) is 25.3 Å². The van der Waals surface area contributed by atoms with Crippen molar-refractivity contribution in [2.24, 2.45) is 0 Å². The Hall–Kier alpha value is -3.61. The van der Waals surface area contributed by atoms with Gasteiger partial charge in [-0.2, -0.15) is 5.26 Å². The third-order valence-electron chi connectivity index (χ3n) is 6.42. The highest BCUT2D eigenvalue weighted by molar-refractivity contribution is 5.76. The smallest absolute Gasteiger partial charge is 0.227 e. The van der Waals surface area contributed by atoms with E-state index >= 15 is 0 Å². The van der Waals surface area contributed by atoms with E-state index in [1.165, 1.54) is 0 Å². The minimum Gasteiger partial charge on any atom is -0.395 e. The van der Waals surface area contributed by atoms with Crippen LogP contribution >= 0.6 is 0 Å². The molecule has 2 aliphatic heterocycles. The van der Waals surface area contributed by atoms with Gasteiger partial charge in [-0.05, 0) is 36.4 Å². The van der Waals surface area contributed by atoms with E-state index in [4.69, 9.17) is 0 Å². The van der Waals surface area contributed by atoms with Crippen molar-refractivity contribution in [3.8, 4) is 17.3 Å². The van der Waals surface area contributed by atoms with Gasteiger partial charge in [0.2, 0.25) is 5.95 Å². The molecule has 9 heteroatoms. The van der Waals surface area contributed by atoms with Gasteiger partial charge < -0.3 is 20.6 Å². The standard InChI is InChI=1S/C24H24FN7O/c1-24(13-33)12-29-21-15(8-26)5-14(7-18(21)24)22-19(25)10-28-23(31-22)30-17-6-16-11-32(2)4-3-20(16)27-9-17/h5-7,9-10,29,33H,3-4,11-13H2,1-2H3,(H,28,30,31)/t24-/m1/s1. The molecule has 1 atom stereocenters. The molecular formula is C24H24FN7O. The molecule has 3 aromatic rings. The summed E-state index contributed by atoms with van der Waals surface area (Å²) in [5.74, 6) is -0.356. The highest BCUT2D eigenvalue weighted by atomic mass is 19.1. The summed E-state index contributed by atoms with van der Waals surface area (Å²) in [6, 6.07) is 7.59. The lowest BCUT2D eigenvalue weighted by Crippen LogP contribution is -2.28. The molecule has 0 amide bonds. The summed E-state index contributed by atoms with van der Waals surface area (Å²) >= 11 is 0. The summed E-state index contributed by atoms with van der Waals surface area (Å²) < 4.78 is 14.8. The lowest BCUT2D eigenvalue weighted by atomic mass is 9.83. The monoisotopic (exact) mass is 445 g/mol. The van der Waals surface area contributed by atoms with Gasteiger partial charge in [0.1, 0.15) is 11.8 Å². The number of nitrogens with zero attached hydrogens (tertiary/aromatic N) is 5. The van der Waals surface area contributed by atoms with Crippen LogP contribution in [0.2, 0.25) is 0 Å².